The van der Waals surface area contributed by atoms with E-state index in [2.05, 4.69) is 31.1 Å². The Kier molecular flexibility index (Phi) is 4.52. The van der Waals surface area contributed by atoms with Gasteiger partial charge >= 0.3 is 0 Å². The minimum Gasteiger partial charge on any atom is -0.409 e. The summed E-state index contributed by atoms with van der Waals surface area (Å²) in [6.45, 7) is 0.693. The lowest BCUT2D eigenvalue weighted by Crippen LogP contribution is -2.20. The molecule has 0 saturated heterocycles. The summed E-state index contributed by atoms with van der Waals surface area (Å²) < 4.78 is 1.05. The van der Waals surface area contributed by atoms with Crippen LogP contribution in [-0.2, 0) is 6.54 Å². The lowest BCUT2D eigenvalue weighted by molar-refractivity contribution is 0.318. The Morgan fingerprint density at radius 1 is 1.35 bits per heavy atom. The highest BCUT2D eigenvalue weighted by atomic mass is 79.9. The molecule has 2 rings (SSSR count). The van der Waals surface area contributed by atoms with Gasteiger partial charge in [-0.3, -0.25) is 0 Å². The summed E-state index contributed by atoms with van der Waals surface area (Å²) in [6.07, 6.45) is 3.06. The van der Waals surface area contributed by atoms with Crippen LogP contribution in [0.1, 0.15) is 11.3 Å². The Hall–Kier alpha value is -2.15. The molecular formula is C13H14BrN5O. The minimum atomic E-state index is -0.0579. The maximum absolute atomic E-state index is 8.57. The number of benzene rings is 1. The number of rotatable bonds is 4. The van der Waals surface area contributed by atoms with E-state index in [-0.39, 0.29) is 5.84 Å². The van der Waals surface area contributed by atoms with E-state index in [1.165, 1.54) is 6.20 Å². The number of oxime groups is 1. The largest absolute Gasteiger partial charge is 0.409 e. The molecule has 3 N–H and O–H groups in total. The third kappa shape index (κ3) is 3.24. The predicted molar refractivity (Wildman–Crippen MR) is 80.8 cm³/mol. The molecule has 0 radical (unpaired) electrons. The van der Waals surface area contributed by atoms with Gasteiger partial charge in [-0.15, -0.1) is 0 Å². The molecule has 0 atom stereocenters. The summed E-state index contributed by atoms with van der Waals surface area (Å²) in [5.74, 6) is 0.646. The quantitative estimate of drug-likeness (QED) is 0.386. The van der Waals surface area contributed by atoms with E-state index in [1.807, 2.05) is 36.2 Å². The van der Waals surface area contributed by atoms with Gasteiger partial charge in [0.25, 0.3) is 0 Å². The van der Waals surface area contributed by atoms with Crippen LogP contribution in [0, 0.1) is 0 Å². The fourth-order valence-corrected chi connectivity index (χ4v) is 2.08. The normalized spacial score (nSPS) is 11.4. The first-order chi connectivity index (χ1) is 9.61. The summed E-state index contributed by atoms with van der Waals surface area (Å²) in [5.41, 5.74) is 6.93. The van der Waals surface area contributed by atoms with Gasteiger partial charge in [-0.1, -0.05) is 39.3 Å². The summed E-state index contributed by atoms with van der Waals surface area (Å²) in [5, 5.41) is 11.5. The molecule has 2 aromatic rings. The zero-order valence-electron chi connectivity index (χ0n) is 10.9. The van der Waals surface area contributed by atoms with Crippen LogP contribution in [0.5, 0.6) is 0 Å². The monoisotopic (exact) mass is 335 g/mol. The smallest absolute Gasteiger partial charge is 0.190 e. The number of nitrogens with zero attached hydrogens (tertiary/aromatic N) is 4. The average Bonchev–Trinajstić information content (AvgIpc) is 2.49. The summed E-state index contributed by atoms with van der Waals surface area (Å²) >= 11 is 3.51. The van der Waals surface area contributed by atoms with Gasteiger partial charge in [0.2, 0.25) is 0 Å². The minimum absolute atomic E-state index is 0.0579. The van der Waals surface area contributed by atoms with Gasteiger partial charge in [0, 0.05) is 18.1 Å². The second-order valence-electron chi connectivity index (χ2n) is 4.19. The van der Waals surface area contributed by atoms with Crippen LogP contribution in [0.2, 0.25) is 0 Å². The fourth-order valence-electron chi connectivity index (χ4n) is 1.66. The SMILES string of the molecule is CN(Cc1ccccc1Br)c1cnc(C(N)=NO)cn1. The molecule has 1 heterocycles. The number of aromatic nitrogens is 2. The molecule has 0 unspecified atom stereocenters. The highest BCUT2D eigenvalue weighted by Gasteiger charge is 2.08. The van der Waals surface area contributed by atoms with Crippen LogP contribution in [-0.4, -0.2) is 28.1 Å². The van der Waals surface area contributed by atoms with Gasteiger partial charge < -0.3 is 15.8 Å². The topological polar surface area (TPSA) is 87.6 Å². The number of anilines is 1. The predicted octanol–water partition coefficient (Wildman–Crippen LogP) is 1.97. The molecule has 1 aromatic carbocycles. The molecule has 0 aliphatic carbocycles. The van der Waals surface area contributed by atoms with Crippen molar-refractivity contribution in [2.75, 3.05) is 11.9 Å². The Labute approximate surface area is 125 Å². The van der Waals surface area contributed by atoms with Gasteiger partial charge in [-0.25, -0.2) is 9.97 Å². The van der Waals surface area contributed by atoms with Crippen molar-refractivity contribution in [1.82, 2.24) is 9.97 Å². The lowest BCUT2D eigenvalue weighted by Gasteiger charge is -2.18. The first kappa shape index (κ1) is 14.3. The van der Waals surface area contributed by atoms with Crippen molar-refractivity contribution in [3.63, 3.8) is 0 Å². The van der Waals surface area contributed by atoms with Gasteiger partial charge in [-0.05, 0) is 11.6 Å². The molecule has 0 spiro atoms. The van der Waals surface area contributed by atoms with Crippen molar-refractivity contribution in [1.29, 1.82) is 0 Å². The van der Waals surface area contributed by atoms with E-state index in [0.29, 0.717) is 18.1 Å². The molecule has 6 nitrogen and oxygen atoms in total. The third-order valence-electron chi connectivity index (χ3n) is 2.76. The zero-order valence-corrected chi connectivity index (χ0v) is 12.4. The van der Waals surface area contributed by atoms with Crippen LogP contribution < -0.4 is 10.6 Å². The first-order valence-corrected chi connectivity index (χ1v) is 6.65. The first-order valence-electron chi connectivity index (χ1n) is 5.86. The number of hydrogen-bond acceptors (Lipinski definition) is 5. The molecule has 0 bridgehead atoms. The Bertz CT molecular complexity index is 614. The molecular weight excluding hydrogens is 322 g/mol. The van der Waals surface area contributed by atoms with Crippen molar-refractivity contribution in [3.8, 4) is 0 Å². The summed E-state index contributed by atoms with van der Waals surface area (Å²) in [7, 11) is 1.92. The Morgan fingerprint density at radius 3 is 2.70 bits per heavy atom. The molecule has 0 aliphatic heterocycles. The lowest BCUT2D eigenvalue weighted by atomic mass is 10.2. The van der Waals surface area contributed by atoms with Crippen LogP contribution in [0.4, 0.5) is 5.82 Å². The van der Waals surface area contributed by atoms with Crippen LogP contribution in [0.15, 0.2) is 46.3 Å². The second kappa shape index (κ2) is 6.33. The van der Waals surface area contributed by atoms with Crippen LogP contribution >= 0.6 is 15.9 Å². The Balaban J connectivity index is 2.14. The highest BCUT2D eigenvalue weighted by Crippen LogP contribution is 2.19. The number of nitrogens with two attached hydrogens (primary N) is 1. The van der Waals surface area contributed by atoms with E-state index in [0.717, 1.165) is 10.0 Å². The highest BCUT2D eigenvalue weighted by molar-refractivity contribution is 9.10. The van der Waals surface area contributed by atoms with Crippen molar-refractivity contribution >= 4 is 27.6 Å². The van der Waals surface area contributed by atoms with Gasteiger partial charge in [0.1, 0.15) is 11.5 Å². The summed E-state index contributed by atoms with van der Waals surface area (Å²) in [4.78, 5) is 10.3. The van der Waals surface area contributed by atoms with E-state index in [1.54, 1.807) is 6.20 Å². The van der Waals surface area contributed by atoms with E-state index in [4.69, 9.17) is 10.9 Å². The van der Waals surface area contributed by atoms with Crippen molar-refractivity contribution in [2.45, 2.75) is 6.54 Å². The second-order valence-corrected chi connectivity index (χ2v) is 5.05. The van der Waals surface area contributed by atoms with Gasteiger partial charge in [0.05, 0.1) is 12.4 Å². The van der Waals surface area contributed by atoms with Gasteiger partial charge in [0.15, 0.2) is 5.84 Å². The molecule has 0 saturated carbocycles. The molecule has 104 valence electrons. The zero-order chi connectivity index (χ0) is 14.5. The van der Waals surface area contributed by atoms with Crippen molar-refractivity contribution in [2.24, 2.45) is 10.9 Å². The fraction of sp³-hybridized carbons (Fsp3) is 0.154. The molecule has 0 fully saturated rings. The maximum Gasteiger partial charge on any atom is 0.190 e. The number of hydrogen-bond donors (Lipinski definition) is 2. The van der Waals surface area contributed by atoms with E-state index >= 15 is 0 Å². The van der Waals surface area contributed by atoms with E-state index in [9.17, 15) is 0 Å². The standard InChI is InChI=1S/C13H14BrN5O/c1-19(8-9-4-2-3-5-10(9)14)12-7-16-11(6-17-12)13(15)18-20/h2-7,20H,8H2,1H3,(H2,15,18). The molecule has 20 heavy (non-hydrogen) atoms. The number of amidine groups is 1. The molecule has 1 aromatic heterocycles. The maximum atomic E-state index is 8.57. The van der Waals surface area contributed by atoms with Crippen molar-refractivity contribution < 1.29 is 5.21 Å². The average molecular weight is 336 g/mol. The van der Waals surface area contributed by atoms with Crippen molar-refractivity contribution in [3.05, 3.63) is 52.4 Å². The van der Waals surface area contributed by atoms with Crippen LogP contribution in [0.25, 0.3) is 0 Å². The molecule has 0 aliphatic rings. The molecule has 0 amide bonds. The van der Waals surface area contributed by atoms with Gasteiger partial charge in [-0.2, -0.15) is 0 Å². The summed E-state index contributed by atoms with van der Waals surface area (Å²) in [6, 6.07) is 8.00. The Morgan fingerprint density at radius 2 is 2.10 bits per heavy atom. The van der Waals surface area contributed by atoms with E-state index < -0.39 is 0 Å². The third-order valence-corrected chi connectivity index (χ3v) is 3.54. The number of halogens is 1. The molecule has 7 heteroatoms. The van der Waals surface area contributed by atoms with Crippen LogP contribution in [0.3, 0.4) is 0 Å².